The number of benzene rings is 3. The van der Waals surface area contributed by atoms with Crippen LogP contribution in [-0.4, -0.2) is 18.5 Å². The lowest BCUT2D eigenvalue weighted by Gasteiger charge is -2.15. The van der Waals surface area contributed by atoms with Gasteiger partial charge < -0.3 is 14.2 Å². The van der Waals surface area contributed by atoms with Crippen molar-refractivity contribution in [2.24, 2.45) is 4.99 Å². The maximum absolute atomic E-state index is 12.4. The normalized spacial score (nSPS) is 14.2. The number of halogens is 4. The number of ether oxygens (including phenoxy) is 3. The van der Waals surface area contributed by atoms with Crippen molar-refractivity contribution in [1.29, 1.82) is 0 Å². The van der Waals surface area contributed by atoms with Crippen LogP contribution in [0.2, 0.25) is 10.0 Å². The summed E-state index contributed by atoms with van der Waals surface area (Å²) in [5.74, 6) is 0.733. The zero-order chi connectivity index (χ0) is 24.2. The van der Waals surface area contributed by atoms with Crippen LogP contribution in [0.15, 0.2) is 69.8 Å². The average molecular weight is 673 g/mol. The van der Waals surface area contributed by atoms with E-state index in [0.29, 0.717) is 50.4 Å². The van der Waals surface area contributed by atoms with E-state index < -0.39 is 5.97 Å². The van der Waals surface area contributed by atoms with Gasteiger partial charge in [-0.1, -0.05) is 35.3 Å². The van der Waals surface area contributed by atoms with Gasteiger partial charge in [0.05, 0.1) is 21.1 Å². The first-order valence-electron chi connectivity index (χ1n) is 10.2. The van der Waals surface area contributed by atoms with E-state index in [1.165, 1.54) is 0 Å². The fourth-order valence-corrected chi connectivity index (χ4v) is 4.36. The summed E-state index contributed by atoms with van der Waals surface area (Å²) >= 11 is 17.9. The van der Waals surface area contributed by atoms with Crippen molar-refractivity contribution in [3.63, 3.8) is 0 Å². The minimum Gasteiger partial charge on any atom is -0.490 e. The van der Waals surface area contributed by atoms with Crippen LogP contribution in [0.25, 0.3) is 6.08 Å². The molecule has 1 aliphatic rings. The highest BCUT2D eigenvalue weighted by atomic mass is 127. The lowest BCUT2D eigenvalue weighted by molar-refractivity contribution is -0.129. The summed E-state index contributed by atoms with van der Waals surface area (Å²) in [5.41, 5.74) is 2.45. The Hall–Kier alpha value is -2.07. The molecular formula is C25H17BrCl2INO4. The second kappa shape index (κ2) is 11.1. The largest absolute Gasteiger partial charge is 0.490 e. The van der Waals surface area contributed by atoms with Gasteiger partial charge >= 0.3 is 5.97 Å². The van der Waals surface area contributed by atoms with Crippen molar-refractivity contribution in [2.45, 2.75) is 13.5 Å². The molecule has 0 saturated carbocycles. The van der Waals surface area contributed by atoms with Crippen LogP contribution in [-0.2, 0) is 16.1 Å². The maximum atomic E-state index is 12.4. The van der Waals surface area contributed by atoms with Crippen molar-refractivity contribution < 1.29 is 19.0 Å². The average Bonchev–Trinajstić information content (AvgIpc) is 3.16. The smallest absolute Gasteiger partial charge is 0.363 e. The van der Waals surface area contributed by atoms with E-state index in [2.05, 4.69) is 43.5 Å². The molecule has 0 aromatic heterocycles. The second-order valence-electron chi connectivity index (χ2n) is 7.14. The van der Waals surface area contributed by atoms with Gasteiger partial charge in [0.2, 0.25) is 5.90 Å². The van der Waals surface area contributed by atoms with Crippen LogP contribution in [0.3, 0.4) is 0 Å². The summed E-state index contributed by atoms with van der Waals surface area (Å²) in [6, 6.07) is 16.6. The van der Waals surface area contributed by atoms with Crippen LogP contribution < -0.4 is 9.47 Å². The SMILES string of the molecule is CCOc1cc(/C=C2\N=C(c3ccc(Cl)c(Cl)c3)OC2=O)cc(Br)c1OCc1ccc(I)cc1. The number of esters is 1. The molecule has 1 heterocycles. The molecule has 0 fully saturated rings. The number of aliphatic imine (C=N–C) groups is 1. The number of carbonyl (C=O) groups excluding carboxylic acids is 1. The lowest BCUT2D eigenvalue weighted by Crippen LogP contribution is -2.05. The summed E-state index contributed by atoms with van der Waals surface area (Å²) < 4.78 is 19.0. The first kappa shape index (κ1) is 25.0. The second-order valence-corrected chi connectivity index (χ2v) is 10.1. The topological polar surface area (TPSA) is 57.1 Å². The third-order valence-corrected chi connectivity index (χ3v) is 6.77. The first-order valence-corrected chi connectivity index (χ1v) is 12.8. The molecule has 3 aromatic rings. The standard InChI is InChI=1S/C25H17BrCl2INO4/c1-2-32-22-11-15(9-18(26)23(22)33-13-14-3-6-17(29)7-4-14)10-21-25(31)34-24(30-21)16-5-8-19(27)20(28)12-16/h3-12H,2,13H2,1H3/b21-10-. The lowest BCUT2D eigenvalue weighted by atomic mass is 10.1. The Labute approximate surface area is 229 Å². The van der Waals surface area contributed by atoms with Gasteiger partial charge in [-0.2, -0.15) is 0 Å². The van der Waals surface area contributed by atoms with Gasteiger partial charge in [-0.25, -0.2) is 9.79 Å². The Morgan fingerprint density at radius 3 is 2.53 bits per heavy atom. The van der Waals surface area contributed by atoms with Crippen LogP contribution in [0.5, 0.6) is 11.5 Å². The molecule has 1 aliphatic heterocycles. The molecule has 0 atom stereocenters. The number of hydrogen-bond donors (Lipinski definition) is 0. The zero-order valence-electron chi connectivity index (χ0n) is 17.8. The predicted molar refractivity (Wildman–Crippen MR) is 146 cm³/mol. The van der Waals surface area contributed by atoms with Gasteiger partial charge in [-0.3, -0.25) is 0 Å². The van der Waals surface area contributed by atoms with Crippen LogP contribution in [0, 0.1) is 3.57 Å². The van der Waals surface area contributed by atoms with Gasteiger partial charge in [-0.05, 0) is 105 Å². The molecule has 0 radical (unpaired) electrons. The predicted octanol–water partition coefficient (Wildman–Crippen LogP) is 7.68. The summed E-state index contributed by atoms with van der Waals surface area (Å²) in [5, 5.41) is 0.755. The third-order valence-electron chi connectivity index (χ3n) is 4.72. The number of carbonyl (C=O) groups is 1. The summed E-state index contributed by atoms with van der Waals surface area (Å²) in [7, 11) is 0. The Morgan fingerprint density at radius 1 is 1.06 bits per heavy atom. The van der Waals surface area contributed by atoms with E-state index in [1.54, 1.807) is 30.3 Å². The van der Waals surface area contributed by atoms with E-state index in [4.69, 9.17) is 37.4 Å². The molecule has 5 nitrogen and oxygen atoms in total. The minimum atomic E-state index is -0.561. The number of rotatable bonds is 7. The van der Waals surface area contributed by atoms with E-state index in [0.717, 1.165) is 9.13 Å². The molecule has 9 heteroatoms. The van der Waals surface area contributed by atoms with E-state index in [1.807, 2.05) is 37.3 Å². The molecule has 34 heavy (non-hydrogen) atoms. The molecule has 0 N–H and O–H groups in total. The Balaban J connectivity index is 1.61. The molecule has 0 bridgehead atoms. The maximum Gasteiger partial charge on any atom is 0.363 e. The quantitative estimate of drug-likeness (QED) is 0.147. The Morgan fingerprint density at radius 2 is 1.82 bits per heavy atom. The molecule has 0 amide bonds. The van der Waals surface area contributed by atoms with Crippen LogP contribution >= 0.6 is 61.7 Å². The summed E-state index contributed by atoms with van der Waals surface area (Å²) in [4.78, 5) is 16.8. The van der Waals surface area contributed by atoms with Gasteiger partial charge in [0, 0.05) is 9.13 Å². The molecule has 4 rings (SSSR count). The molecule has 0 saturated heterocycles. The highest BCUT2D eigenvalue weighted by Crippen LogP contribution is 2.38. The number of hydrogen-bond acceptors (Lipinski definition) is 5. The molecular weight excluding hydrogens is 656 g/mol. The van der Waals surface area contributed by atoms with E-state index in [9.17, 15) is 4.79 Å². The number of nitrogens with zero attached hydrogens (tertiary/aromatic N) is 1. The number of cyclic esters (lactones) is 1. The Bertz CT molecular complexity index is 1310. The van der Waals surface area contributed by atoms with Gasteiger partial charge in [0.25, 0.3) is 0 Å². The first-order chi connectivity index (χ1) is 16.3. The summed E-state index contributed by atoms with van der Waals surface area (Å²) in [6.07, 6.45) is 1.63. The van der Waals surface area contributed by atoms with Crippen LogP contribution in [0.4, 0.5) is 0 Å². The highest BCUT2D eigenvalue weighted by Gasteiger charge is 2.25. The van der Waals surface area contributed by atoms with Gasteiger partial charge in [-0.15, -0.1) is 0 Å². The van der Waals surface area contributed by atoms with Crippen molar-refractivity contribution in [2.75, 3.05) is 6.61 Å². The van der Waals surface area contributed by atoms with Gasteiger partial charge in [0.15, 0.2) is 17.2 Å². The van der Waals surface area contributed by atoms with E-state index in [-0.39, 0.29) is 11.6 Å². The van der Waals surface area contributed by atoms with Crippen molar-refractivity contribution >= 4 is 79.7 Å². The fourth-order valence-electron chi connectivity index (χ4n) is 3.13. The summed E-state index contributed by atoms with van der Waals surface area (Å²) in [6.45, 7) is 2.73. The molecule has 3 aromatic carbocycles. The molecule has 174 valence electrons. The highest BCUT2D eigenvalue weighted by molar-refractivity contribution is 14.1. The van der Waals surface area contributed by atoms with Gasteiger partial charge in [0.1, 0.15) is 6.61 Å². The minimum absolute atomic E-state index is 0.156. The van der Waals surface area contributed by atoms with Crippen LogP contribution in [0.1, 0.15) is 23.6 Å². The van der Waals surface area contributed by atoms with E-state index >= 15 is 0 Å². The van der Waals surface area contributed by atoms with Crippen molar-refractivity contribution in [1.82, 2.24) is 0 Å². The third kappa shape index (κ3) is 5.94. The fraction of sp³-hybridized carbons (Fsp3) is 0.120. The zero-order valence-corrected chi connectivity index (χ0v) is 23.0. The molecule has 0 unspecified atom stereocenters. The monoisotopic (exact) mass is 671 g/mol. The van der Waals surface area contributed by atoms with Crippen molar-refractivity contribution in [3.8, 4) is 11.5 Å². The van der Waals surface area contributed by atoms with Crippen molar-refractivity contribution in [3.05, 3.63) is 95.1 Å². The molecule has 0 spiro atoms. The molecule has 0 aliphatic carbocycles. The Kier molecular flexibility index (Phi) is 8.18.